The van der Waals surface area contributed by atoms with E-state index in [1.54, 1.807) is 0 Å². The first-order valence-electron chi connectivity index (χ1n) is 6.39. The highest BCUT2D eigenvalue weighted by atomic mass is 16.7. The number of nitrogens with one attached hydrogen (secondary N) is 2. The van der Waals surface area contributed by atoms with Gasteiger partial charge in [0.25, 0.3) is 0 Å². The molecule has 0 heterocycles. The molecule has 0 aliphatic rings. The molecule has 106 valence electrons. The molecule has 0 aliphatic heterocycles. The van der Waals surface area contributed by atoms with Crippen LogP contribution in [0.15, 0.2) is 0 Å². The number of hydroxylamine groups is 1. The molecule has 0 atom stereocenters. The van der Waals surface area contributed by atoms with Crippen molar-refractivity contribution in [3.8, 4) is 0 Å². The van der Waals surface area contributed by atoms with Crippen LogP contribution in [0, 0.1) is 5.92 Å². The van der Waals surface area contributed by atoms with Crippen molar-refractivity contribution in [2.75, 3.05) is 13.2 Å². The number of aliphatic carboxylic acids is 1. The Morgan fingerprint density at radius 1 is 1.17 bits per heavy atom. The normalized spacial score (nSPS) is 10.4. The molecule has 0 fully saturated rings. The SMILES string of the molecule is CC(C)CCCCCCNC(=O)NOCC(=O)O. The Kier molecular flexibility index (Phi) is 10.0. The zero-order valence-corrected chi connectivity index (χ0v) is 11.2. The Morgan fingerprint density at radius 2 is 1.83 bits per heavy atom. The average molecular weight is 260 g/mol. The summed E-state index contributed by atoms with van der Waals surface area (Å²) < 4.78 is 0. The molecule has 0 bridgehead atoms. The Hall–Kier alpha value is -1.30. The third kappa shape index (κ3) is 12.8. The van der Waals surface area contributed by atoms with Gasteiger partial charge in [-0.2, -0.15) is 0 Å². The van der Waals surface area contributed by atoms with E-state index in [2.05, 4.69) is 24.0 Å². The fraction of sp³-hybridized carbons (Fsp3) is 0.833. The summed E-state index contributed by atoms with van der Waals surface area (Å²) >= 11 is 0. The van der Waals surface area contributed by atoms with E-state index < -0.39 is 18.6 Å². The van der Waals surface area contributed by atoms with Gasteiger partial charge >= 0.3 is 12.0 Å². The Balaban J connectivity index is 3.22. The number of carboxylic acid groups (broad SMARTS) is 1. The lowest BCUT2D eigenvalue weighted by molar-refractivity contribution is -0.144. The van der Waals surface area contributed by atoms with Gasteiger partial charge in [0.2, 0.25) is 0 Å². The molecule has 0 aliphatic carbocycles. The van der Waals surface area contributed by atoms with Gasteiger partial charge in [-0.25, -0.2) is 15.1 Å². The van der Waals surface area contributed by atoms with E-state index >= 15 is 0 Å². The number of amides is 2. The molecule has 0 rings (SSSR count). The van der Waals surface area contributed by atoms with Crippen LogP contribution in [0.25, 0.3) is 0 Å². The molecule has 0 unspecified atom stereocenters. The zero-order valence-electron chi connectivity index (χ0n) is 11.2. The summed E-state index contributed by atoms with van der Waals surface area (Å²) in [5.74, 6) is -0.374. The number of unbranched alkanes of at least 4 members (excludes halogenated alkanes) is 3. The molecule has 6 heteroatoms. The Morgan fingerprint density at radius 3 is 2.44 bits per heavy atom. The van der Waals surface area contributed by atoms with Gasteiger partial charge in [0.15, 0.2) is 6.61 Å². The average Bonchev–Trinajstić information content (AvgIpc) is 2.26. The number of hydrogen-bond donors (Lipinski definition) is 3. The third-order valence-electron chi connectivity index (χ3n) is 2.35. The molecule has 2 amide bonds. The van der Waals surface area contributed by atoms with Crippen LogP contribution in [-0.4, -0.2) is 30.3 Å². The van der Waals surface area contributed by atoms with E-state index in [0.29, 0.717) is 6.54 Å². The summed E-state index contributed by atoms with van der Waals surface area (Å²) in [6.07, 6.45) is 5.66. The third-order valence-corrected chi connectivity index (χ3v) is 2.35. The van der Waals surface area contributed by atoms with Gasteiger partial charge in [-0.05, 0) is 12.3 Å². The van der Waals surface area contributed by atoms with E-state index in [1.807, 2.05) is 5.48 Å². The van der Waals surface area contributed by atoms with Crippen LogP contribution in [0.1, 0.15) is 46.0 Å². The van der Waals surface area contributed by atoms with Gasteiger partial charge in [0.1, 0.15) is 0 Å². The van der Waals surface area contributed by atoms with Gasteiger partial charge < -0.3 is 10.4 Å². The number of urea groups is 1. The van der Waals surface area contributed by atoms with Crippen LogP contribution >= 0.6 is 0 Å². The van der Waals surface area contributed by atoms with Crippen molar-refractivity contribution in [1.29, 1.82) is 0 Å². The fourth-order valence-corrected chi connectivity index (χ4v) is 1.43. The van der Waals surface area contributed by atoms with Gasteiger partial charge in [-0.15, -0.1) is 0 Å². The van der Waals surface area contributed by atoms with Crippen LogP contribution in [0.4, 0.5) is 4.79 Å². The second-order valence-corrected chi connectivity index (χ2v) is 4.64. The maximum Gasteiger partial charge on any atom is 0.338 e. The van der Waals surface area contributed by atoms with Crippen molar-refractivity contribution < 1.29 is 19.5 Å². The largest absolute Gasteiger partial charge is 0.479 e. The van der Waals surface area contributed by atoms with Crippen molar-refractivity contribution in [1.82, 2.24) is 10.8 Å². The number of carbonyl (C=O) groups is 2. The van der Waals surface area contributed by atoms with Crippen LogP contribution in [0.2, 0.25) is 0 Å². The molecule has 0 aromatic carbocycles. The second-order valence-electron chi connectivity index (χ2n) is 4.64. The first-order chi connectivity index (χ1) is 8.52. The molecule has 18 heavy (non-hydrogen) atoms. The number of rotatable bonds is 10. The molecule has 0 saturated heterocycles. The van der Waals surface area contributed by atoms with E-state index in [0.717, 1.165) is 18.8 Å². The van der Waals surface area contributed by atoms with E-state index in [1.165, 1.54) is 19.3 Å². The van der Waals surface area contributed by atoms with E-state index in [9.17, 15) is 9.59 Å². The lowest BCUT2D eigenvalue weighted by atomic mass is 10.0. The lowest BCUT2D eigenvalue weighted by Gasteiger charge is -2.07. The highest BCUT2D eigenvalue weighted by molar-refractivity contribution is 5.73. The molecule has 0 aromatic rings. The minimum atomic E-state index is -1.12. The van der Waals surface area contributed by atoms with Gasteiger partial charge in [-0.3, -0.25) is 4.84 Å². The quantitative estimate of drug-likeness (QED) is 0.413. The minimum absolute atomic E-state index is 0.501. The number of carbonyl (C=O) groups excluding carboxylic acids is 1. The van der Waals surface area contributed by atoms with Crippen LogP contribution in [0.3, 0.4) is 0 Å². The smallest absolute Gasteiger partial charge is 0.338 e. The van der Waals surface area contributed by atoms with Crippen molar-refractivity contribution in [3.05, 3.63) is 0 Å². The van der Waals surface area contributed by atoms with Gasteiger partial charge in [0.05, 0.1) is 0 Å². The van der Waals surface area contributed by atoms with Crippen molar-refractivity contribution in [3.63, 3.8) is 0 Å². The van der Waals surface area contributed by atoms with Crippen molar-refractivity contribution in [2.24, 2.45) is 5.92 Å². The van der Waals surface area contributed by atoms with Gasteiger partial charge in [0, 0.05) is 6.54 Å². The molecular weight excluding hydrogens is 236 g/mol. The highest BCUT2D eigenvalue weighted by Gasteiger charge is 2.01. The summed E-state index contributed by atoms with van der Waals surface area (Å²) in [5, 5.41) is 10.9. The monoisotopic (exact) mass is 260 g/mol. The topological polar surface area (TPSA) is 87.7 Å². The summed E-state index contributed by atoms with van der Waals surface area (Å²) in [7, 11) is 0. The summed E-state index contributed by atoms with van der Waals surface area (Å²) in [5.41, 5.74) is 2.00. The number of carboxylic acids is 1. The molecule has 0 spiro atoms. The molecule has 0 aromatic heterocycles. The first-order valence-corrected chi connectivity index (χ1v) is 6.39. The minimum Gasteiger partial charge on any atom is -0.479 e. The lowest BCUT2D eigenvalue weighted by Crippen LogP contribution is -2.37. The van der Waals surface area contributed by atoms with Crippen molar-refractivity contribution in [2.45, 2.75) is 46.0 Å². The van der Waals surface area contributed by atoms with E-state index in [4.69, 9.17) is 5.11 Å². The Labute approximate surface area is 108 Å². The standard InChI is InChI=1S/C12H24N2O4/c1-10(2)7-5-3-4-6-8-13-12(17)14-18-9-11(15)16/h10H,3-9H2,1-2H3,(H,15,16)(H2,13,14,17). The summed E-state index contributed by atoms with van der Waals surface area (Å²) in [4.78, 5) is 25.6. The summed E-state index contributed by atoms with van der Waals surface area (Å²) in [6, 6.07) is -0.501. The maximum absolute atomic E-state index is 11.1. The molecule has 3 N–H and O–H groups in total. The fourth-order valence-electron chi connectivity index (χ4n) is 1.43. The van der Waals surface area contributed by atoms with Crippen LogP contribution in [0.5, 0.6) is 0 Å². The van der Waals surface area contributed by atoms with Gasteiger partial charge in [-0.1, -0.05) is 39.5 Å². The molecule has 0 saturated carbocycles. The molecule has 0 radical (unpaired) electrons. The zero-order chi connectivity index (χ0) is 13.8. The summed E-state index contributed by atoms with van der Waals surface area (Å²) in [6.45, 7) is 4.46. The van der Waals surface area contributed by atoms with Crippen LogP contribution in [-0.2, 0) is 9.63 Å². The highest BCUT2D eigenvalue weighted by Crippen LogP contribution is 2.08. The Bertz CT molecular complexity index is 244. The second kappa shape index (κ2) is 10.8. The van der Waals surface area contributed by atoms with E-state index in [-0.39, 0.29) is 0 Å². The van der Waals surface area contributed by atoms with Crippen molar-refractivity contribution >= 4 is 12.0 Å². The van der Waals surface area contributed by atoms with Crippen LogP contribution < -0.4 is 10.8 Å². The predicted octanol–water partition coefficient (Wildman–Crippen LogP) is 1.91. The maximum atomic E-state index is 11.1. The number of hydrogen-bond acceptors (Lipinski definition) is 3. The first kappa shape index (κ1) is 16.7. The molecule has 6 nitrogen and oxygen atoms in total. The predicted molar refractivity (Wildman–Crippen MR) is 68.0 cm³/mol. The molecular formula is C12H24N2O4.